The van der Waals surface area contributed by atoms with Crippen LogP contribution < -0.4 is 0 Å². The molecule has 2 rings (SSSR count). The van der Waals surface area contributed by atoms with Crippen molar-refractivity contribution in [3.63, 3.8) is 0 Å². The van der Waals surface area contributed by atoms with E-state index in [1.807, 2.05) is 6.92 Å². The van der Waals surface area contributed by atoms with E-state index in [0.29, 0.717) is 12.1 Å². The molecule has 0 aliphatic carbocycles. The minimum Gasteiger partial charge on any atom is -0.331 e. The zero-order chi connectivity index (χ0) is 9.97. The molecule has 0 bridgehead atoms. The highest BCUT2D eigenvalue weighted by molar-refractivity contribution is 5.69. The van der Waals surface area contributed by atoms with Gasteiger partial charge in [-0.3, -0.25) is 9.78 Å². The molecule has 2 aromatic rings. The second kappa shape index (κ2) is 3.37. The largest absolute Gasteiger partial charge is 0.331 e. The molecule has 0 atom stereocenters. The Morgan fingerprint density at radius 3 is 3.00 bits per heavy atom. The van der Waals surface area contributed by atoms with Crippen molar-refractivity contribution >= 4 is 6.29 Å². The van der Waals surface area contributed by atoms with Crippen molar-refractivity contribution in [2.24, 2.45) is 0 Å². The van der Waals surface area contributed by atoms with E-state index in [1.54, 1.807) is 18.5 Å². The van der Waals surface area contributed by atoms with Crippen LogP contribution in [0.2, 0.25) is 0 Å². The number of hydrogen-bond acceptors (Lipinski definition) is 5. The summed E-state index contributed by atoms with van der Waals surface area (Å²) in [6.45, 7) is 1.89. The monoisotopic (exact) mass is 189 g/mol. The molecule has 0 amide bonds. The van der Waals surface area contributed by atoms with Crippen LogP contribution in [-0.2, 0) is 0 Å². The highest BCUT2D eigenvalue weighted by Crippen LogP contribution is 2.18. The molecular formula is C9H7N3O2. The first-order valence-corrected chi connectivity index (χ1v) is 4.01. The van der Waals surface area contributed by atoms with Crippen LogP contribution in [0.1, 0.15) is 16.2 Å². The summed E-state index contributed by atoms with van der Waals surface area (Å²) in [7, 11) is 0. The van der Waals surface area contributed by atoms with Gasteiger partial charge in [-0.1, -0.05) is 5.16 Å². The third-order valence-electron chi connectivity index (χ3n) is 1.80. The number of rotatable bonds is 2. The molecule has 2 aromatic heterocycles. The van der Waals surface area contributed by atoms with Crippen LogP contribution in [0.5, 0.6) is 0 Å². The minimum absolute atomic E-state index is 0.0174. The van der Waals surface area contributed by atoms with Crippen molar-refractivity contribution in [3.05, 3.63) is 29.9 Å². The molecular weight excluding hydrogens is 182 g/mol. The molecule has 14 heavy (non-hydrogen) atoms. The molecule has 0 unspecified atom stereocenters. The number of hydrogen-bond donors (Lipinski definition) is 0. The SMILES string of the molecule is Cc1cnccc1-c1noc(C=O)n1. The zero-order valence-electron chi connectivity index (χ0n) is 7.47. The lowest BCUT2D eigenvalue weighted by Gasteiger charge is -1.96. The molecule has 0 fully saturated rings. The summed E-state index contributed by atoms with van der Waals surface area (Å²) in [5.41, 5.74) is 1.75. The molecule has 0 aliphatic rings. The number of aryl methyl sites for hydroxylation is 1. The van der Waals surface area contributed by atoms with E-state index in [9.17, 15) is 4.79 Å². The summed E-state index contributed by atoms with van der Waals surface area (Å²) in [4.78, 5) is 18.2. The van der Waals surface area contributed by atoms with Gasteiger partial charge < -0.3 is 4.52 Å². The van der Waals surface area contributed by atoms with E-state index in [1.165, 1.54) is 0 Å². The summed E-state index contributed by atoms with van der Waals surface area (Å²) in [5.74, 6) is 0.392. The van der Waals surface area contributed by atoms with E-state index in [-0.39, 0.29) is 5.89 Å². The lowest BCUT2D eigenvalue weighted by atomic mass is 10.1. The standard InChI is InChI=1S/C9H7N3O2/c1-6-4-10-3-2-7(6)9-11-8(5-13)14-12-9/h2-5H,1H3. The van der Waals surface area contributed by atoms with Crippen molar-refractivity contribution in [1.29, 1.82) is 0 Å². The van der Waals surface area contributed by atoms with Crippen LogP contribution in [0.3, 0.4) is 0 Å². The smallest absolute Gasteiger partial charge is 0.291 e. The number of aromatic nitrogens is 3. The number of aldehydes is 1. The fourth-order valence-electron chi connectivity index (χ4n) is 1.12. The third-order valence-corrected chi connectivity index (χ3v) is 1.80. The molecule has 0 aliphatic heterocycles. The minimum atomic E-state index is -0.0174. The first-order valence-electron chi connectivity index (χ1n) is 4.01. The van der Waals surface area contributed by atoms with Crippen LogP contribution >= 0.6 is 0 Å². The Morgan fingerprint density at radius 2 is 2.36 bits per heavy atom. The lowest BCUT2D eigenvalue weighted by molar-refractivity contribution is 0.108. The molecule has 70 valence electrons. The van der Waals surface area contributed by atoms with Gasteiger partial charge in [0.2, 0.25) is 12.1 Å². The van der Waals surface area contributed by atoms with Crippen LogP contribution in [0, 0.1) is 6.92 Å². The highest BCUT2D eigenvalue weighted by Gasteiger charge is 2.09. The predicted molar refractivity (Wildman–Crippen MR) is 47.7 cm³/mol. The molecule has 0 spiro atoms. The van der Waals surface area contributed by atoms with Gasteiger partial charge in [0.1, 0.15) is 0 Å². The Bertz CT molecular complexity index is 465. The molecule has 5 heteroatoms. The second-order valence-corrected chi connectivity index (χ2v) is 2.76. The van der Waals surface area contributed by atoms with Crippen molar-refractivity contribution < 1.29 is 9.32 Å². The van der Waals surface area contributed by atoms with Gasteiger partial charge in [-0.05, 0) is 18.6 Å². The molecule has 0 saturated carbocycles. The predicted octanol–water partition coefficient (Wildman–Crippen LogP) is 1.25. The maximum Gasteiger partial charge on any atom is 0.291 e. The summed E-state index contributed by atoms with van der Waals surface area (Å²) in [5, 5.41) is 3.67. The quantitative estimate of drug-likeness (QED) is 0.665. The van der Waals surface area contributed by atoms with Gasteiger partial charge in [-0.15, -0.1) is 0 Å². The Balaban J connectivity index is 2.49. The molecule has 0 saturated heterocycles. The van der Waals surface area contributed by atoms with Gasteiger partial charge in [-0.2, -0.15) is 4.98 Å². The van der Waals surface area contributed by atoms with Gasteiger partial charge in [0.15, 0.2) is 0 Å². The lowest BCUT2D eigenvalue weighted by Crippen LogP contribution is -1.86. The maximum absolute atomic E-state index is 10.3. The van der Waals surface area contributed by atoms with Crippen LogP contribution in [0.15, 0.2) is 23.0 Å². The maximum atomic E-state index is 10.3. The topological polar surface area (TPSA) is 68.9 Å². The number of carbonyl (C=O) groups is 1. The average Bonchev–Trinajstić information content (AvgIpc) is 2.67. The Labute approximate surface area is 79.8 Å². The molecule has 0 N–H and O–H groups in total. The van der Waals surface area contributed by atoms with Crippen LogP contribution in [0.4, 0.5) is 0 Å². The summed E-state index contributed by atoms with van der Waals surface area (Å²) in [6, 6.07) is 1.77. The van der Waals surface area contributed by atoms with E-state index >= 15 is 0 Å². The van der Waals surface area contributed by atoms with Gasteiger partial charge >= 0.3 is 0 Å². The first kappa shape index (κ1) is 8.55. The Kier molecular flexibility index (Phi) is 2.06. The highest BCUT2D eigenvalue weighted by atomic mass is 16.5. The average molecular weight is 189 g/mol. The van der Waals surface area contributed by atoms with Crippen molar-refractivity contribution in [2.75, 3.05) is 0 Å². The van der Waals surface area contributed by atoms with E-state index in [0.717, 1.165) is 11.1 Å². The van der Waals surface area contributed by atoms with Crippen molar-refractivity contribution in [2.45, 2.75) is 6.92 Å². The fourth-order valence-corrected chi connectivity index (χ4v) is 1.12. The van der Waals surface area contributed by atoms with E-state index in [4.69, 9.17) is 0 Å². The Morgan fingerprint density at radius 1 is 1.50 bits per heavy atom. The Hall–Kier alpha value is -2.04. The molecule has 5 nitrogen and oxygen atoms in total. The molecule has 0 aromatic carbocycles. The van der Waals surface area contributed by atoms with Crippen LogP contribution in [0.25, 0.3) is 11.4 Å². The summed E-state index contributed by atoms with van der Waals surface area (Å²) in [6.07, 6.45) is 3.86. The number of nitrogens with zero attached hydrogens (tertiary/aromatic N) is 3. The third kappa shape index (κ3) is 1.39. The number of pyridine rings is 1. The summed E-state index contributed by atoms with van der Waals surface area (Å²) < 4.78 is 4.67. The normalized spacial score (nSPS) is 10.1. The van der Waals surface area contributed by atoms with Gasteiger partial charge in [0.05, 0.1) is 0 Å². The first-order chi connectivity index (χ1) is 6.81. The van der Waals surface area contributed by atoms with Gasteiger partial charge in [0.25, 0.3) is 5.89 Å². The fraction of sp³-hybridized carbons (Fsp3) is 0.111. The van der Waals surface area contributed by atoms with E-state index in [2.05, 4.69) is 19.6 Å². The van der Waals surface area contributed by atoms with Crippen LogP contribution in [-0.4, -0.2) is 21.4 Å². The van der Waals surface area contributed by atoms with Gasteiger partial charge in [0, 0.05) is 18.0 Å². The number of carbonyl (C=O) groups excluding carboxylic acids is 1. The summed E-state index contributed by atoms with van der Waals surface area (Å²) >= 11 is 0. The van der Waals surface area contributed by atoms with Crippen molar-refractivity contribution in [3.8, 4) is 11.4 Å². The second-order valence-electron chi connectivity index (χ2n) is 2.76. The molecule has 2 heterocycles. The van der Waals surface area contributed by atoms with Gasteiger partial charge in [-0.25, -0.2) is 0 Å². The van der Waals surface area contributed by atoms with E-state index < -0.39 is 0 Å². The molecule has 0 radical (unpaired) electrons. The van der Waals surface area contributed by atoms with Crippen molar-refractivity contribution in [1.82, 2.24) is 15.1 Å². The zero-order valence-corrected chi connectivity index (χ0v) is 7.47.